The van der Waals surface area contributed by atoms with E-state index in [1.165, 1.54) is 35.9 Å². The second kappa shape index (κ2) is 9.18. The molecular formula is C25H20FNO3S. The molecule has 31 heavy (non-hydrogen) atoms. The molecule has 1 aliphatic heterocycles. The van der Waals surface area contributed by atoms with Gasteiger partial charge in [0.05, 0.1) is 17.6 Å². The van der Waals surface area contributed by atoms with Crippen molar-refractivity contribution in [2.45, 2.75) is 11.3 Å². The molecular weight excluding hydrogens is 413 g/mol. The van der Waals surface area contributed by atoms with E-state index in [9.17, 15) is 14.0 Å². The maximum absolute atomic E-state index is 13.4. The fourth-order valence-corrected chi connectivity index (χ4v) is 4.46. The largest absolute Gasteiger partial charge is 0.496 e. The maximum atomic E-state index is 13.4. The van der Waals surface area contributed by atoms with Crippen LogP contribution in [0.3, 0.4) is 0 Å². The van der Waals surface area contributed by atoms with Crippen LogP contribution >= 0.6 is 11.8 Å². The van der Waals surface area contributed by atoms with Crippen LogP contribution in [0.5, 0.6) is 5.75 Å². The lowest BCUT2D eigenvalue weighted by molar-refractivity contribution is -0.136. The molecule has 0 saturated carbocycles. The highest BCUT2D eigenvalue weighted by Crippen LogP contribution is 2.42. The highest BCUT2D eigenvalue weighted by molar-refractivity contribution is 8.04. The number of thioether (sulfide) groups is 1. The SMILES string of the molecule is COc1ccccc1C1=C(Sc2ccccc2)C(=O)N(CCc2ccc(F)cc2)C1=O. The number of carbonyl (C=O) groups is 2. The number of ether oxygens (including phenoxy) is 1. The lowest BCUT2D eigenvalue weighted by Crippen LogP contribution is -2.33. The Morgan fingerprint density at radius 1 is 0.871 bits per heavy atom. The third kappa shape index (κ3) is 4.39. The first kappa shape index (κ1) is 20.9. The van der Waals surface area contributed by atoms with Gasteiger partial charge in [0.25, 0.3) is 11.8 Å². The molecule has 0 aromatic heterocycles. The van der Waals surface area contributed by atoms with Crippen LogP contribution in [-0.4, -0.2) is 30.4 Å². The van der Waals surface area contributed by atoms with Crippen molar-refractivity contribution in [2.24, 2.45) is 0 Å². The first-order valence-electron chi connectivity index (χ1n) is 9.79. The summed E-state index contributed by atoms with van der Waals surface area (Å²) in [5.74, 6) is -0.471. The number of rotatable bonds is 7. The van der Waals surface area contributed by atoms with Gasteiger partial charge >= 0.3 is 0 Å². The van der Waals surface area contributed by atoms with E-state index in [1.54, 1.807) is 24.3 Å². The number of carbonyl (C=O) groups excluding carboxylic acids is 2. The normalized spacial score (nSPS) is 13.8. The first-order valence-corrected chi connectivity index (χ1v) is 10.6. The Kier molecular flexibility index (Phi) is 6.18. The number of hydrogen-bond acceptors (Lipinski definition) is 4. The van der Waals surface area contributed by atoms with E-state index >= 15 is 0 Å². The van der Waals surface area contributed by atoms with E-state index in [0.29, 0.717) is 28.2 Å². The highest BCUT2D eigenvalue weighted by atomic mass is 32.2. The second-order valence-electron chi connectivity index (χ2n) is 6.96. The molecule has 0 unspecified atom stereocenters. The molecule has 0 saturated heterocycles. The zero-order valence-corrected chi connectivity index (χ0v) is 17.7. The van der Waals surface area contributed by atoms with Crippen LogP contribution < -0.4 is 4.74 Å². The maximum Gasteiger partial charge on any atom is 0.268 e. The molecule has 0 spiro atoms. The van der Waals surface area contributed by atoms with Crippen molar-refractivity contribution >= 4 is 29.1 Å². The Morgan fingerprint density at radius 2 is 1.55 bits per heavy atom. The van der Waals surface area contributed by atoms with Crippen LogP contribution in [0.15, 0.2) is 88.7 Å². The minimum atomic E-state index is -0.352. The molecule has 3 aromatic rings. The number of para-hydroxylation sites is 1. The van der Waals surface area contributed by atoms with Gasteiger partial charge in [-0.3, -0.25) is 14.5 Å². The quantitative estimate of drug-likeness (QED) is 0.495. The number of hydrogen-bond donors (Lipinski definition) is 0. The summed E-state index contributed by atoms with van der Waals surface area (Å²) >= 11 is 1.28. The van der Waals surface area contributed by atoms with E-state index in [0.717, 1.165) is 10.5 Å². The van der Waals surface area contributed by atoms with Gasteiger partial charge in [0, 0.05) is 17.0 Å². The second-order valence-corrected chi connectivity index (χ2v) is 8.04. The van der Waals surface area contributed by atoms with Gasteiger partial charge in [0.1, 0.15) is 11.6 Å². The molecule has 4 rings (SSSR count). The van der Waals surface area contributed by atoms with Crippen LogP contribution in [0.2, 0.25) is 0 Å². The minimum Gasteiger partial charge on any atom is -0.496 e. The summed E-state index contributed by atoms with van der Waals surface area (Å²) in [7, 11) is 1.54. The molecule has 1 heterocycles. The first-order chi connectivity index (χ1) is 15.1. The third-order valence-corrected chi connectivity index (χ3v) is 6.09. The van der Waals surface area contributed by atoms with Gasteiger partial charge in [0.2, 0.25) is 0 Å². The molecule has 0 aliphatic carbocycles. The van der Waals surface area contributed by atoms with Crippen molar-refractivity contribution in [3.05, 3.63) is 101 Å². The van der Waals surface area contributed by atoms with Crippen LogP contribution in [0.1, 0.15) is 11.1 Å². The molecule has 0 radical (unpaired) electrons. The van der Waals surface area contributed by atoms with Crippen LogP contribution in [0.4, 0.5) is 4.39 Å². The topological polar surface area (TPSA) is 46.6 Å². The molecule has 0 atom stereocenters. The Morgan fingerprint density at radius 3 is 2.26 bits per heavy atom. The molecule has 1 aliphatic rings. The van der Waals surface area contributed by atoms with Crippen LogP contribution in [0.25, 0.3) is 5.57 Å². The summed E-state index contributed by atoms with van der Waals surface area (Å²) in [4.78, 5) is 29.2. The van der Waals surface area contributed by atoms with E-state index < -0.39 is 0 Å². The number of methoxy groups -OCH3 is 1. The Labute approximate surface area is 184 Å². The average Bonchev–Trinajstić information content (AvgIpc) is 3.03. The van der Waals surface area contributed by atoms with Crippen molar-refractivity contribution in [2.75, 3.05) is 13.7 Å². The fourth-order valence-electron chi connectivity index (χ4n) is 3.44. The highest BCUT2D eigenvalue weighted by Gasteiger charge is 2.40. The van der Waals surface area contributed by atoms with E-state index in [4.69, 9.17) is 4.74 Å². The Balaban J connectivity index is 1.68. The molecule has 0 N–H and O–H groups in total. The smallest absolute Gasteiger partial charge is 0.268 e. The molecule has 0 fully saturated rings. The van der Waals surface area contributed by atoms with Gasteiger partial charge in [-0.05, 0) is 42.3 Å². The van der Waals surface area contributed by atoms with Gasteiger partial charge in [-0.1, -0.05) is 60.3 Å². The van der Waals surface area contributed by atoms with E-state index in [1.807, 2.05) is 42.5 Å². The number of imide groups is 1. The van der Waals surface area contributed by atoms with Gasteiger partial charge in [-0.25, -0.2) is 4.39 Å². The third-order valence-electron chi connectivity index (χ3n) is 5.00. The molecule has 156 valence electrons. The van der Waals surface area contributed by atoms with Gasteiger partial charge < -0.3 is 4.74 Å². The van der Waals surface area contributed by atoms with Crippen molar-refractivity contribution in [3.63, 3.8) is 0 Å². The number of benzene rings is 3. The minimum absolute atomic E-state index is 0.209. The number of halogens is 1. The van der Waals surface area contributed by atoms with Gasteiger partial charge in [-0.2, -0.15) is 0 Å². The Bertz CT molecular complexity index is 1140. The lowest BCUT2D eigenvalue weighted by Gasteiger charge is -2.15. The number of amides is 2. The van der Waals surface area contributed by atoms with E-state index in [2.05, 4.69) is 0 Å². The summed E-state index contributed by atoms with van der Waals surface area (Å²) in [5.41, 5.74) is 1.78. The summed E-state index contributed by atoms with van der Waals surface area (Å²) in [6.45, 7) is 0.209. The van der Waals surface area contributed by atoms with Crippen LogP contribution in [0, 0.1) is 5.82 Å². The van der Waals surface area contributed by atoms with Crippen molar-refractivity contribution in [1.29, 1.82) is 0 Å². The Hall–Kier alpha value is -3.38. The average molecular weight is 434 g/mol. The molecule has 4 nitrogen and oxygen atoms in total. The predicted octanol–water partition coefficient (Wildman–Crippen LogP) is 4.95. The van der Waals surface area contributed by atoms with E-state index in [-0.39, 0.29) is 24.2 Å². The standard InChI is InChI=1S/C25H20FNO3S/c1-30-21-10-6-5-9-20(21)22-23(31-19-7-3-2-4-8-19)25(29)27(24(22)28)16-15-17-11-13-18(26)14-12-17/h2-14H,15-16H2,1H3. The molecule has 2 amide bonds. The van der Waals surface area contributed by atoms with Crippen molar-refractivity contribution in [3.8, 4) is 5.75 Å². The van der Waals surface area contributed by atoms with Crippen LogP contribution in [-0.2, 0) is 16.0 Å². The molecule has 0 bridgehead atoms. The van der Waals surface area contributed by atoms with Crippen molar-refractivity contribution in [1.82, 2.24) is 4.90 Å². The van der Waals surface area contributed by atoms with Gasteiger partial charge in [-0.15, -0.1) is 0 Å². The zero-order valence-electron chi connectivity index (χ0n) is 16.9. The number of nitrogens with zero attached hydrogens (tertiary/aromatic N) is 1. The summed E-state index contributed by atoms with van der Waals surface area (Å²) < 4.78 is 18.6. The zero-order chi connectivity index (χ0) is 21.8. The monoisotopic (exact) mass is 433 g/mol. The van der Waals surface area contributed by atoms with Crippen molar-refractivity contribution < 1.29 is 18.7 Å². The fraction of sp³-hybridized carbons (Fsp3) is 0.120. The predicted molar refractivity (Wildman–Crippen MR) is 119 cm³/mol. The van der Waals surface area contributed by atoms with Gasteiger partial charge in [0.15, 0.2) is 0 Å². The lowest BCUT2D eigenvalue weighted by atomic mass is 10.0. The molecule has 6 heteroatoms. The molecule has 3 aromatic carbocycles. The summed E-state index contributed by atoms with van der Waals surface area (Å²) in [5, 5.41) is 0. The summed E-state index contributed by atoms with van der Waals surface area (Å²) in [6.07, 6.45) is 0.445. The summed E-state index contributed by atoms with van der Waals surface area (Å²) in [6, 6.07) is 22.7.